The molecule has 1 unspecified atom stereocenters. The van der Waals surface area contributed by atoms with Crippen LogP contribution in [0.1, 0.15) is 39.0 Å². The molecule has 8 nitrogen and oxygen atoms in total. The zero-order valence-corrected chi connectivity index (χ0v) is 23.6. The van der Waals surface area contributed by atoms with E-state index in [9.17, 15) is 14.7 Å². The van der Waals surface area contributed by atoms with Crippen LogP contribution in [0.2, 0.25) is 0 Å². The molecule has 0 spiro atoms. The summed E-state index contributed by atoms with van der Waals surface area (Å²) in [6, 6.07) is 19.1. The van der Waals surface area contributed by atoms with Crippen LogP contribution < -0.4 is 5.32 Å². The van der Waals surface area contributed by atoms with Gasteiger partial charge >= 0.3 is 5.97 Å². The minimum absolute atomic E-state index is 0.00752. The highest BCUT2D eigenvalue weighted by molar-refractivity contribution is 6.07. The molecule has 40 heavy (non-hydrogen) atoms. The summed E-state index contributed by atoms with van der Waals surface area (Å²) in [5, 5.41) is 14.6. The monoisotopic (exact) mass is 545 g/mol. The fourth-order valence-corrected chi connectivity index (χ4v) is 4.82. The number of aliphatic carboxylic acids is 1. The van der Waals surface area contributed by atoms with E-state index in [1.165, 1.54) is 10.8 Å². The average molecular weight is 546 g/mol. The predicted octanol–water partition coefficient (Wildman–Crippen LogP) is 5.36. The zero-order valence-electron chi connectivity index (χ0n) is 23.6. The first-order valence-electron chi connectivity index (χ1n) is 13.7. The Morgan fingerprint density at radius 3 is 2.40 bits per heavy atom. The average Bonchev–Trinajstić information content (AvgIpc) is 3.32. The largest absolute Gasteiger partial charge is 0.480 e. The lowest BCUT2D eigenvalue weighted by atomic mass is 9.89. The summed E-state index contributed by atoms with van der Waals surface area (Å²) in [7, 11) is 0. The van der Waals surface area contributed by atoms with Crippen LogP contribution in [0.15, 0.2) is 66.9 Å². The summed E-state index contributed by atoms with van der Waals surface area (Å²) in [5.41, 5.74) is 4.31. The number of carbonyl (C=O) groups excluding carboxylic acids is 1. The van der Waals surface area contributed by atoms with Crippen molar-refractivity contribution in [3.63, 3.8) is 0 Å². The van der Waals surface area contributed by atoms with Crippen LogP contribution in [0.4, 0.5) is 0 Å². The minimum atomic E-state index is -0.989. The van der Waals surface area contributed by atoms with Crippen molar-refractivity contribution in [3.8, 4) is 0 Å². The number of carboxylic acid groups (broad SMARTS) is 1. The van der Waals surface area contributed by atoms with E-state index in [1.54, 1.807) is 0 Å². The molecule has 2 atom stereocenters. The van der Waals surface area contributed by atoms with Gasteiger partial charge in [0.25, 0.3) is 0 Å². The normalized spacial score (nSPS) is 16.8. The number of pyridine rings is 1. The van der Waals surface area contributed by atoms with E-state index in [-0.39, 0.29) is 17.6 Å². The van der Waals surface area contributed by atoms with Gasteiger partial charge in [0, 0.05) is 46.8 Å². The smallest absolute Gasteiger partial charge is 0.321 e. The summed E-state index contributed by atoms with van der Waals surface area (Å²) in [5.74, 6) is -1.52. The number of aldehydes is 1. The predicted molar refractivity (Wildman–Crippen MR) is 156 cm³/mol. The number of para-hydroxylation sites is 1. The number of benzene rings is 2. The van der Waals surface area contributed by atoms with Gasteiger partial charge in [0.15, 0.2) is 6.29 Å². The SMILES string of the molecule is CC(C)C(C=O)[C@H](NCc1ccccc1)C(=O)O.CC1(C)COC(Cc2nccc3c2[nH]c2ccccc23)OC1. The van der Waals surface area contributed by atoms with Gasteiger partial charge in [0.05, 0.1) is 24.4 Å². The van der Waals surface area contributed by atoms with E-state index in [4.69, 9.17) is 9.47 Å². The van der Waals surface area contributed by atoms with Crippen molar-refractivity contribution in [2.24, 2.45) is 17.3 Å². The molecule has 3 heterocycles. The van der Waals surface area contributed by atoms with E-state index in [0.717, 1.165) is 41.8 Å². The number of H-pyrrole nitrogens is 1. The van der Waals surface area contributed by atoms with Gasteiger partial charge in [-0.2, -0.15) is 0 Å². The summed E-state index contributed by atoms with van der Waals surface area (Å²) < 4.78 is 11.7. The summed E-state index contributed by atoms with van der Waals surface area (Å²) >= 11 is 0. The molecule has 1 saturated heterocycles. The highest BCUT2D eigenvalue weighted by Gasteiger charge is 2.30. The van der Waals surface area contributed by atoms with Gasteiger partial charge in [-0.25, -0.2) is 0 Å². The lowest BCUT2D eigenvalue weighted by Gasteiger charge is -2.34. The molecular formula is C32H39N3O5. The van der Waals surface area contributed by atoms with Crippen molar-refractivity contribution >= 4 is 34.1 Å². The Labute approximate surface area is 235 Å². The van der Waals surface area contributed by atoms with Gasteiger partial charge in [-0.15, -0.1) is 0 Å². The quantitative estimate of drug-likeness (QED) is 0.243. The number of aromatic nitrogens is 2. The number of nitrogens with zero attached hydrogens (tertiary/aromatic N) is 1. The van der Waals surface area contributed by atoms with E-state index in [2.05, 4.69) is 53.4 Å². The molecule has 1 aliphatic rings. The highest BCUT2D eigenvalue weighted by atomic mass is 16.7. The van der Waals surface area contributed by atoms with Crippen molar-refractivity contribution in [2.45, 2.75) is 53.0 Å². The van der Waals surface area contributed by atoms with E-state index >= 15 is 0 Å². The topological polar surface area (TPSA) is 114 Å². The Morgan fingerprint density at radius 2 is 1.75 bits per heavy atom. The second-order valence-corrected chi connectivity index (χ2v) is 11.4. The Kier molecular flexibility index (Phi) is 9.68. The maximum Gasteiger partial charge on any atom is 0.321 e. The van der Waals surface area contributed by atoms with Crippen molar-refractivity contribution in [1.29, 1.82) is 0 Å². The maximum atomic E-state index is 11.2. The van der Waals surface area contributed by atoms with Crippen LogP contribution in [-0.2, 0) is 32.0 Å². The van der Waals surface area contributed by atoms with Crippen molar-refractivity contribution in [1.82, 2.24) is 15.3 Å². The molecule has 2 aromatic carbocycles. The molecule has 8 heteroatoms. The molecule has 0 amide bonds. The first-order chi connectivity index (χ1) is 19.2. The fraction of sp³-hybridized carbons (Fsp3) is 0.406. The summed E-state index contributed by atoms with van der Waals surface area (Å²) in [6.45, 7) is 9.88. The number of carboxylic acids is 1. The van der Waals surface area contributed by atoms with Crippen molar-refractivity contribution in [2.75, 3.05) is 13.2 Å². The van der Waals surface area contributed by atoms with E-state index in [1.807, 2.05) is 56.4 Å². The molecule has 0 bridgehead atoms. The molecule has 3 N–H and O–H groups in total. The molecule has 5 rings (SSSR count). The molecule has 4 aromatic rings. The molecule has 0 aliphatic carbocycles. The highest BCUT2D eigenvalue weighted by Crippen LogP contribution is 2.29. The lowest BCUT2D eigenvalue weighted by molar-refractivity contribution is -0.220. The zero-order chi connectivity index (χ0) is 28.7. The molecular weight excluding hydrogens is 506 g/mol. The number of fused-ring (bicyclic) bond motifs is 3. The van der Waals surface area contributed by atoms with Crippen LogP contribution in [-0.4, -0.2) is 52.9 Å². The van der Waals surface area contributed by atoms with Gasteiger partial charge in [0.1, 0.15) is 12.3 Å². The van der Waals surface area contributed by atoms with E-state index in [0.29, 0.717) is 13.0 Å². The molecule has 0 radical (unpaired) electrons. The third kappa shape index (κ3) is 7.33. The first-order valence-corrected chi connectivity index (χ1v) is 13.7. The second kappa shape index (κ2) is 13.2. The summed E-state index contributed by atoms with van der Waals surface area (Å²) in [4.78, 5) is 30.2. The second-order valence-electron chi connectivity index (χ2n) is 11.4. The van der Waals surface area contributed by atoms with Gasteiger partial charge < -0.3 is 24.4 Å². The van der Waals surface area contributed by atoms with Crippen molar-refractivity contribution in [3.05, 3.63) is 78.1 Å². The van der Waals surface area contributed by atoms with Gasteiger partial charge in [0.2, 0.25) is 0 Å². The molecule has 2 aromatic heterocycles. The van der Waals surface area contributed by atoms with Gasteiger partial charge in [-0.3, -0.25) is 15.1 Å². The number of aromatic amines is 1. The molecule has 212 valence electrons. The van der Waals surface area contributed by atoms with Gasteiger partial charge in [-0.1, -0.05) is 76.2 Å². The van der Waals surface area contributed by atoms with E-state index < -0.39 is 17.9 Å². The molecule has 0 saturated carbocycles. The Hall–Kier alpha value is -3.59. The lowest BCUT2D eigenvalue weighted by Crippen LogP contribution is -2.45. The first kappa shape index (κ1) is 29.4. The number of carbonyl (C=O) groups is 2. The van der Waals surface area contributed by atoms with Crippen LogP contribution in [0.25, 0.3) is 21.8 Å². The Balaban J connectivity index is 0.000000190. The number of hydrogen-bond acceptors (Lipinski definition) is 6. The van der Waals surface area contributed by atoms with Crippen LogP contribution >= 0.6 is 0 Å². The molecule has 1 aliphatic heterocycles. The number of nitrogens with one attached hydrogen (secondary N) is 2. The minimum Gasteiger partial charge on any atom is -0.480 e. The van der Waals surface area contributed by atoms with Crippen molar-refractivity contribution < 1.29 is 24.2 Å². The number of ether oxygens (including phenoxy) is 2. The third-order valence-electron chi connectivity index (χ3n) is 7.13. The Morgan fingerprint density at radius 1 is 1.07 bits per heavy atom. The van der Waals surface area contributed by atoms with Crippen LogP contribution in [0.3, 0.4) is 0 Å². The summed E-state index contributed by atoms with van der Waals surface area (Å²) in [6.07, 6.45) is 3.05. The van der Waals surface area contributed by atoms with Gasteiger partial charge in [-0.05, 0) is 23.6 Å². The Bertz CT molecular complexity index is 1410. The fourth-order valence-electron chi connectivity index (χ4n) is 4.82. The number of hydrogen-bond donors (Lipinski definition) is 3. The van der Waals surface area contributed by atoms with Crippen LogP contribution in [0.5, 0.6) is 0 Å². The van der Waals surface area contributed by atoms with Crippen LogP contribution in [0, 0.1) is 17.3 Å². The standard InChI is InChI=1S/C18H20N2O2.C14H19NO3/c1-18(2)10-21-16(22-11-18)9-15-17-13(7-8-19-15)12-5-3-4-6-14(12)20-17;1-10(2)12(9-16)13(14(17)18)15-8-11-6-4-3-5-7-11/h3-8,16,20H,9-11H2,1-2H3;3-7,9-10,12-13,15H,8H2,1-2H3,(H,17,18)/t;12?,13-/m.0/s1. The number of rotatable bonds is 9. The maximum absolute atomic E-state index is 11.2. The third-order valence-corrected chi connectivity index (χ3v) is 7.13. The molecule has 1 fully saturated rings.